The number of pyridine rings is 1. The lowest BCUT2D eigenvalue weighted by Crippen LogP contribution is -2.18. The molecule has 5 heteroatoms. The number of hydrogen-bond acceptors (Lipinski definition) is 4. The van der Waals surface area contributed by atoms with Crippen molar-refractivity contribution in [3.8, 4) is 6.07 Å². The fraction of sp³-hybridized carbons (Fsp3) is 0.214. The van der Waals surface area contributed by atoms with Gasteiger partial charge < -0.3 is 10.3 Å². The van der Waals surface area contributed by atoms with E-state index in [0.717, 1.165) is 40.1 Å². The van der Waals surface area contributed by atoms with Gasteiger partial charge in [0.15, 0.2) is 0 Å². The molecule has 3 heterocycles. The number of hydrogen-bond donors (Lipinski definition) is 2. The van der Waals surface area contributed by atoms with E-state index in [2.05, 4.69) is 75.7 Å². The van der Waals surface area contributed by atoms with Crippen LogP contribution < -0.4 is 5.32 Å². The number of likely N-dealkylation sites (tertiary alicyclic amines) is 1. The number of aromatic amines is 1. The van der Waals surface area contributed by atoms with Crippen LogP contribution in [0.4, 0.5) is 11.4 Å². The molecule has 5 nitrogen and oxygen atoms in total. The van der Waals surface area contributed by atoms with E-state index < -0.39 is 0 Å². The Balaban J connectivity index is 1.39. The van der Waals surface area contributed by atoms with Gasteiger partial charge in [-0.15, -0.1) is 0 Å². The minimum absolute atomic E-state index is 0.520. The summed E-state index contributed by atoms with van der Waals surface area (Å²) in [6, 6.07) is 17.2. The molecule has 1 fully saturated rings. The zero-order valence-electron chi connectivity index (χ0n) is 18.8. The van der Waals surface area contributed by atoms with Crippen LogP contribution in [-0.4, -0.2) is 28.0 Å². The summed E-state index contributed by atoms with van der Waals surface area (Å²) in [5.41, 5.74) is 7.85. The summed E-state index contributed by atoms with van der Waals surface area (Å²) >= 11 is 0. The van der Waals surface area contributed by atoms with Gasteiger partial charge in [0.05, 0.1) is 11.3 Å². The lowest BCUT2D eigenvalue weighted by Gasteiger charge is -2.14. The summed E-state index contributed by atoms with van der Waals surface area (Å²) in [4.78, 5) is 10.0. The first-order valence-electron chi connectivity index (χ1n) is 11.4. The van der Waals surface area contributed by atoms with Crippen LogP contribution in [0.15, 0.2) is 61.1 Å². The molecule has 0 unspecified atom stereocenters. The van der Waals surface area contributed by atoms with E-state index in [1.807, 2.05) is 18.3 Å². The Bertz CT molecular complexity index is 1340. The molecule has 0 spiro atoms. The van der Waals surface area contributed by atoms with Crippen LogP contribution in [-0.2, 0) is 6.54 Å². The number of nitriles is 1. The van der Waals surface area contributed by atoms with Crippen molar-refractivity contribution < 1.29 is 0 Å². The molecule has 0 atom stereocenters. The second kappa shape index (κ2) is 9.32. The third-order valence-electron chi connectivity index (χ3n) is 6.40. The van der Waals surface area contributed by atoms with Crippen LogP contribution in [0.2, 0.25) is 0 Å². The quantitative estimate of drug-likeness (QED) is 0.377. The Labute approximate surface area is 194 Å². The van der Waals surface area contributed by atoms with E-state index >= 15 is 0 Å². The monoisotopic (exact) mass is 433 g/mol. The molecule has 33 heavy (non-hydrogen) atoms. The molecule has 4 aromatic rings. The summed E-state index contributed by atoms with van der Waals surface area (Å²) in [7, 11) is 0. The Morgan fingerprint density at radius 2 is 1.88 bits per heavy atom. The summed E-state index contributed by atoms with van der Waals surface area (Å²) in [5.74, 6) is 0. The lowest BCUT2D eigenvalue weighted by molar-refractivity contribution is 0.331. The molecule has 0 amide bonds. The minimum atomic E-state index is 0.520. The highest BCUT2D eigenvalue weighted by Crippen LogP contribution is 2.31. The number of H-pyrrole nitrogens is 1. The summed E-state index contributed by atoms with van der Waals surface area (Å²) in [5, 5.41) is 14.4. The van der Waals surface area contributed by atoms with Gasteiger partial charge in [0.1, 0.15) is 6.07 Å². The first-order valence-corrected chi connectivity index (χ1v) is 11.4. The van der Waals surface area contributed by atoms with Gasteiger partial charge in [0.2, 0.25) is 0 Å². The van der Waals surface area contributed by atoms with Gasteiger partial charge in [-0.25, -0.2) is 0 Å². The van der Waals surface area contributed by atoms with Crippen molar-refractivity contribution in [3.05, 3.63) is 88.9 Å². The van der Waals surface area contributed by atoms with Gasteiger partial charge in [-0.3, -0.25) is 9.88 Å². The largest absolute Gasteiger partial charge is 0.361 e. The highest BCUT2D eigenvalue weighted by molar-refractivity contribution is 5.90. The molecule has 0 saturated carbocycles. The number of anilines is 2. The maximum atomic E-state index is 9.70. The third-order valence-corrected chi connectivity index (χ3v) is 6.40. The number of nitrogens with zero attached hydrogens (tertiary/aromatic N) is 3. The number of benzene rings is 2. The molecule has 0 aliphatic carbocycles. The molecule has 1 aliphatic rings. The molecule has 0 radical (unpaired) electrons. The zero-order chi connectivity index (χ0) is 22.6. The molecule has 5 rings (SSSR count). The van der Waals surface area contributed by atoms with Crippen molar-refractivity contribution in [3.63, 3.8) is 0 Å². The molecule has 1 aliphatic heterocycles. The summed E-state index contributed by atoms with van der Waals surface area (Å²) < 4.78 is 0. The van der Waals surface area contributed by atoms with E-state index in [-0.39, 0.29) is 0 Å². The fourth-order valence-electron chi connectivity index (χ4n) is 4.50. The van der Waals surface area contributed by atoms with Crippen LogP contribution in [0.3, 0.4) is 0 Å². The van der Waals surface area contributed by atoms with Gasteiger partial charge in [-0.05, 0) is 67.7 Å². The highest BCUT2D eigenvalue weighted by atomic mass is 15.1. The van der Waals surface area contributed by atoms with Crippen LogP contribution in [0.5, 0.6) is 0 Å². The van der Waals surface area contributed by atoms with E-state index in [0.29, 0.717) is 5.56 Å². The molecule has 2 aromatic heterocycles. The number of nitrogens with one attached hydrogen (secondary N) is 2. The predicted molar refractivity (Wildman–Crippen MR) is 135 cm³/mol. The van der Waals surface area contributed by atoms with Crippen LogP contribution in [0.1, 0.15) is 40.7 Å². The van der Waals surface area contributed by atoms with Gasteiger partial charge in [-0.2, -0.15) is 5.26 Å². The van der Waals surface area contributed by atoms with Crippen molar-refractivity contribution in [2.45, 2.75) is 26.3 Å². The van der Waals surface area contributed by atoms with E-state index in [4.69, 9.17) is 0 Å². The van der Waals surface area contributed by atoms with Gasteiger partial charge in [-0.1, -0.05) is 36.4 Å². The Kier molecular flexibility index (Phi) is 5.93. The van der Waals surface area contributed by atoms with Crippen LogP contribution in [0.25, 0.3) is 23.1 Å². The standard InChI is InChI=1S/C28H27N5/c1-20-25-12-13-31-27(25)11-10-26(20)32-28-23(17-30-18-24(28)16-29)9-8-21-4-6-22(7-5-21)19-33-14-2-3-15-33/h4-13,17-18,31H,2-3,14-15,19H2,1H3,(H,30,32). The van der Waals surface area contributed by atoms with Crippen molar-refractivity contribution >= 4 is 34.4 Å². The molecular weight excluding hydrogens is 406 g/mol. The summed E-state index contributed by atoms with van der Waals surface area (Å²) in [6.45, 7) is 5.52. The van der Waals surface area contributed by atoms with Crippen molar-refractivity contribution in [2.24, 2.45) is 0 Å². The van der Waals surface area contributed by atoms with E-state index in [1.165, 1.54) is 36.9 Å². The Morgan fingerprint density at radius 3 is 2.67 bits per heavy atom. The Morgan fingerprint density at radius 1 is 1.06 bits per heavy atom. The third kappa shape index (κ3) is 4.52. The first kappa shape index (κ1) is 21.0. The normalized spacial score (nSPS) is 14.2. The second-order valence-electron chi connectivity index (χ2n) is 8.62. The number of fused-ring (bicyclic) bond motifs is 1. The maximum absolute atomic E-state index is 9.70. The highest BCUT2D eigenvalue weighted by Gasteiger charge is 2.12. The maximum Gasteiger partial charge on any atom is 0.103 e. The SMILES string of the molecule is Cc1c(Nc2c(C#N)cncc2C=Cc2ccc(CN3CCCC3)cc2)ccc2[nH]ccc12. The molecular formula is C28H27N5. The lowest BCUT2D eigenvalue weighted by atomic mass is 10.1. The number of aromatic nitrogens is 2. The summed E-state index contributed by atoms with van der Waals surface area (Å²) in [6.07, 6.45) is 12.1. The molecule has 1 saturated heterocycles. The molecule has 0 bridgehead atoms. The van der Waals surface area contributed by atoms with Gasteiger partial charge >= 0.3 is 0 Å². The average molecular weight is 434 g/mol. The predicted octanol–water partition coefficient (Wildman–Crippen LogP) is 6.25. The molecule has 2 N–H and O–H groups in total. The first-order chi connectivity index (χ1) is 16.2. The van der Waals surface area contributed by atoms with Crippen molar-refractivity contribution in [1.82, 2.24) is 14.9 Å². The topological polar surface area (TPSA) is 67.7 Å². The Hall–Kier alpha value is -3.88. The smallest absolute Gasteiger partial charge is 0.103 e. The van der Waals surface area contributed by atoms with E-state index in [1.54, 1.807) is 12.4 Å². The second-order valence-corrected chi connectivity index (χ2v) is 8.62. The number of rotatable bonds is 6. The van der Waals surface area contributed by atoms with Crippen molar-refractivity contribution in [2.75, 3.05) is 18.4 Å². The average Bonchev–Trinajstić information content (AvgIpc) is 3.53. The van der Waals surface area contributed by atoms with E-state index in [9.17, 15) is 5.26 Å². The van der Waals surface area contributed by atoms with Gasteiger partial charge in [0.25, 0.3) is 0 Å². The van der Waals surface area contributed by atoms with Gasteiger partial charge in [0, 0.05) is 47.3 Å². The van der Waals surface area contributed by atoms with Crippen LogP contribution in [0, 0.1) is 18.3 Å². The van der Waals surface area contributed by atoms with Crippen LogP contribution >= 0.6 is 0 Å². The minimum Gasteiger partial charge on any atom is -0.361 e. The molecule has 164 valence electrons. The fourth-order valence-corrected chi connectivity index (χ4v) is 4.50. The van der Waals surface area contributed by atoms with Crippen molar-refractivity contribution in [1.29, 1.82) is 5.26 Å². The molecule has 2 aromatic carbocycles. The number of aryl methyl sites for hydroxylation is 1. The zero-order valence-corrected chi connectivity index (χ0v) is 18.8.